The van der Waals surface area contributed by atoms with E-state index >= 15 is 0 Å². The lowest BCUT2D eigenvalue weighted by Gasteiger charge is -2.34. The Morgan fingerprint density at radius 2 is 0.396 bits per heavy atom. The molecule has 0 radical (unpaired) electrons. The monoisotopic (exact) mass is 1890 g/mol. The number of benzene rings is 24. The average molecular weight is 1890 g/mol. The number of aromatic nitrogens is 1. The molecule has 8 aliphatic carbocycles. The fourth-order valence-corrected chi connectivity index (χ4v) is 26.8. The molecule has 24 aromatic carbocycles. The molecule has 0 fully saturated rings. The average Bonchev–Trinajstić information content (AvgIpc) is 1.51. The van der Waals surface area contributed by atoms with Crippen molar-refractivity contribution in [3.8, 4) is 228 Å². The highest BCUT2D eigenvalue weighted by Gasteiger charge is 2.48. The second-order valence-corrected chi connectivity index (χ2v) is 40.7. The molecule has 25 aromatic rings. The SMILES string of the molecule is c1ccc(C2(c3ccccc3)c3ccccc3-c3c2ccc2c3-c3ccccc3-c3ccccc3-c3ccccc3-2)cc1.c1ccc2c(c1)-c1ccccc1-c1cc3c(cc1-c1ccccc1-2)-c1cc(-n2c4ccccc4c4ccccc42)ccc1C3.c1ccc2c(c1)Cc1c-2ccc2c1-c1ccccc1-c1ccccc1-c1ccccc1-2.c1ccc2c(c1)Cc1cc3c(cc1-2)-c1ccccc1-c1ccccc1-c1ccccc1-3. The first-order valence-electron chi connectivity index (χ1n) is 52.3. The van der Waals surface area contributed by atoms with Crippen molar-refractivity contribution in [1.82, 2.24) is 4.57 Å². The number of rotatable bonds is 3. The van der Waals surface area contributed by atoms with Gasteiger partial charge in [-0.25, -0.2) is 0 Å². The van der Waals surface area contributed by atoms with E-state index < -0.39 is 5.41 Å². The Morgan fingerprint density at radius 3 is 0.799 bits per heavy atom. The summed E-state index contributed by atoms with van der Waals surface area (Å²) in [5.41, 5.74) is 69.7. The summed E-state index contributed by atoms with van der Waals surface area (Å²) in [7, 11) is 0. The van der Waals surface area contributed by atoms with Crippen molar-refractivity contribution in [2.24, 2.45) is 0 Å². The second-order valence-electron chi connectivity index (χ2n) is 40.7. The van der Waals surface area contributed by atoms with E-state index in [1.54, 1.807) is 0 Å². The van der Waals surface area contributed by atoms with Crippen LogP contribution in [-0.2, 0) is 24.7 Å². The zero-order valence-electron chi connectivity index (χ0n) is 82.0. The first-order valence-corrected chi connectivity index (χ1v) is 52.3. The smallest absolute Gasteiger partial charge is 0.0713 e. The van der Waals surface area contributed by atoms with Gasteiger partial charge in [-0.3, -0.25) is 0 Å². The zero-order chi connectivity index (χ0) is 97.9. The molecule has 1 heteroatoms. The summed E-state index contributed by atoms with van der Waals surface area (Å²) in [4.78, 5) is 0. The van der Waals surface area contributed by atoms with Crippen molar-refractivity contribution in [3.05, 3.63) is 596 Å². The number of hydrogen-bond acceptors (Lipinski definition) is 0. The number of hydrogen-bond donors (Lipinski definition) is 0. The molecule has 0 saturated heterocycles. The second kappa shape index (κ2) is 34.7. The van der Waals surface area contributed by atoms with Gasteiger partial charge in [0.15, 0.2) is 0 Å². The van der Waals surface area contributed by atoms with Gasteiger partial charge in [-0.15, -0.1) is 0 Å². The molecule has 1 heterocycles. The summed E-state index contributed by atoms with van der Waals surface area (Å²) in [5.74, 6) is 0. The molecule has 0 saturated carbocycles. The quantitative estimate of drug-likeness (QED) is 0.166. The van der Waals surface area contributed by atoms with E-state index in [1.807, 2.05) is 0 Å². The minimum absolute atomic E-state index is 0.432. The molecule has 33 rings (SSSR count). The highest BCUT2D eigenvalue weighted by atomic mass is 15.0. The van der Waals surface area contributed by atoms with Gasteiger partial charge in [0.2, 0.25) is 0 Å². The zero-order valence-corrected chi connectivity index (χ0v) is 82.0. The minimum Gasteiger partial charge on any atom is -0.309 e. The predicted octanol–water partition coefficient (Wildman–Crippen LogP) is 38.8. The summed E-state index contributed by atoms with van der Waals surface area (Å²) in [6, 6.07) is 200. The van der Waals surface area contributed by atoms with Gasteiger partial charge in [0.1, 0.15) is 0 Å². The van der Waals surface area contributed by atoms with Gasteiger partial charge in [0.25, 0.3) is 0 Å². The Hall–Kier alpha value is -18.9. The lowest BCUT2D eigenvalue weighted by Crippen LogP contribution is -2.28. The molecule has 1 nitrogen and oxygen atoms in total. The summed E-state index contributed by atoms with van der Waals surface area (Å²) in [5, 5.41) is 2.59. The maximum absolute atomic E-state index is 2.48. The first kappa shape index (κ1) is 85.6. The van der Waals surface area contributed by atoms with Gasteiger partial charge < -0.3 is 4.57 Å². The van der Waals surface area contributed by atoms with Crippen LogP contribution in [-0.4, -0.2) is 4.57 Å². The van der Waals surface area contributed by atoms with E-state index in [0.717, 1.165) is 19.3 Å². The van der Waals surface area contributed by atoms with Crippen LogP contribution in [0.3, 0.4) is 0 Å². The molecular formula is C148H95N. The minimum atomic E-state index is -0.432. The molecule has 8 aliphatic rings. The molecule has 0 atom stereocenters. The van der Waals surface area contributed by atoms with Crippen LogP contribution in [0.15, 0.2) is 540 Å². The van der Waals surface area contributed by atoms with E-state index in [1.165, 1.54) is 306 Å². The third kappa shape index (κ3) is 13.4. The fraction of sp³-hybridized carbons (Fsp3) is 0.0270. The third-order valence-electron chi connectivity index (χ3n) is 33.1. The van der Waals surface area contributed by atoms with Crippen molar-refractivity contribution in [2.45, 2.75) is 24.7 Å². The van der Waals surface area contributed by atoms with Crippen molar-refractivity contribution >= 4 is 21.8 Å². The van der Waals surface area contributed by atoms with Crippen molar-refractivity contribution < 1.29 is 0 Å². The van der Waals surface area contributed by atoms with Gasteiger partial charge in [-0.05, 0) is 346 Å². The van der Waals surface area contributed by atoms with Crippen LogP contribution in [0, 0.1) is 0 Å². The van der Waals surface area contributed by atoms with E-state index in [2.05, 4.69) is 544 Å². The van der Waals surface area contributed by atoms with Gasteiger partial charge in [0.05, 0.1) is 16.4 Å². The molecule has 0 bridgehead atoms. The topological polar surface area (TPSA) is 4.93 Å². The fourth-order valence-electron chi connectivity index (χ4n) is 26.8. The number of fused-ring (bicyclic) bond motifs is 49. The first-order chi connectivity index (χ1) is 74.0. The maximum atomic E-state index is 2.48. The lowest BCUT2D eigenvalue weighted by molar-refractivity contribution is 0.768. The van der Waals surface area contributed by atoms with Crippen LogP contribution in [0.4, 0.5) is 0 Å². The normalized spacial score (nSPS) is 12.7. The van der Waals surface area contributed by atoms with Crippen LogP contribution in [0.5, 0.6) is 0 Å². The van der Waals surface area contributed by atoms with Crippen LogP contribution in [0.1, 0.15) is 55.6 Å². The van der Waals surface area contributed by atoms with E-state index in [9.17, 15) is 0 Å². The Bertz CT molecular complexity index is 9710. The lowest BCUT2D eigenvalue weighted by atomic mass is 9.67. The third-order valence-corrected chi connectivity index (χ3v) is 33.1. The molecule has 149 heavy (non-hydrogen) atoms. The molecule has 0 unspecified atom stereocenters. The van der Waals surface area contributed by atoms with Crippen LogP contribution in [0.2, 0.25) is 0 Å². The molecule has 1 aromatic heterocycles. The Morgan fingerprint density at radius 1 is 0.134 bits per heavy atom. The Labute approximate surface area is 868 Å². The molecule has 0 N–H and O–H groups in total. The van der Waals surface area contributed by atoms with Gasteiger partial charge in [0, 0.05) is 16.5 Å². The standard InChI is InChI=1S/C43H27N.C43H28.2C31H20/c1-2-12-31-30(11-1)32-13-3-5-15-34(32)40-24-28-23-27-21-22-29(25-38(27)39(28)26-41(40)35-16-6-4-14-33(31)35)44-42-19-9-7-17-36(42)37-18-8-10-20-43(37)44;1-3-15-29(16-4-1)43(30-17-5-2-6-18-30)39-26-14-13-25-38(39)42-40(43)28-27-37-35-23-10-9-21-33(35)31-19-7-8-20-32(31)34-22-11-12-24-36(34)41(37)42;1-2-10-22-20(9-1)17-21-18-30-27-15-7-5-13-25(27)23-11-3-4-12-24(23)26-14-6-8-16-28(26)31(30)19-29(21)22;1-2-10-21-20(9-1)19-30-27(21)17-18-29-26-15-6-5-13-24(26)22-11-3-4-12-23(22)25-14-7-8-16-28(25)31(29)30/h1-22,24-26H,23H2;1-28H;1-16,18-19H,17H2;1-18H,19H2. The molecule has 692 valence electrons. The van der Waals surface area contributed by atoms with Crippen molar-refractivity contribution in [1.29, 1.82) is 0 Å². The largest absolute Gasteiger partial charge is 0.309 e. The van der Waals surface area contributed by atoms with Crippen LogP contribution < -0.4 is 0 Å². The molecular weight excluding hydrogens is 1790 g/mol. The highest BCUT2D eigenvalue weighted by molar-refractivity contribution is 6.14. The van der Waals surface area contributed by atoms with Crippen molar-refractivity contribution in [2.75, 3.05) is 0 Å². The number of nitrogens with zero attached hydrogens (tertiary/aromatic N) is 1. The predicted molar refractivity (Wildman–Crippen MR) is 623 cm³/mol. The van der Waals surface area contributed by atoms with Gasteiger partial charge >= 0.3 is 0 Å². The maximum Gasteiger partial charge on any atom is 0.0713 e. The molecule has 0 amide bonds. The van der Waals surface area contributed by atoms with Crippen LogP contribution >= 0.6 is 0 Å². The van der Waals surface area contributed by atoms with E-state index in [-0.39, 0.29) is 0 Å². The number of para-hydroxylation sites is 2. The summed E-state index contributed by atoms with van der Waals surface area (Å²) in [6.07, 6.45) is 2.96. The molecule has 0 spiro atoms. The van der Waals surface area contributed by atoms with Gasteiger partial charge in [-0.2, -0.15) is 0 Å². The van der Waals surface area contributed by atoms with Crippen molar-refractivity contribution in [3.63, 3.8) is 0 Å². The van der Waals surface area contributed by atoms with E-state index in [0.29, 0.717) is 0 Å². The summed E-state index contributed by atoms with van der Waals surface area (Å²) < 4.78 is 2.43. The summed E-state index contributed by atoms with van der Waals surface area (Å²) in [6.45, 7) is 0. The summed E-state index contributed by atoms with van der Waals surface area (Å²) >= 11 is 0. The van der Waals surface area contributed by atoms with Gasteiger partial charge in [-0.1, -0.05) is 491 Å². The highest BCUT2D eigenvalue weighted by Crippen LogP contribution is 2.64. The molecule has 0 aliphatic heterocycles. The Kier molecular flexibility index (Phi) is 19.9. The Balaban J connectivity index is 0.0000000926. The van der Waals surface area contributed by atoms with E-state index in [4.69, 9.17) is 0 Å². The van der Waals surface area contributed by atoms with Crippen LogP contribution in [0.25, 0.3) is 250 Å².